The molecule has 2 aromatic carbocycles. The molecule has 1 aliphatic rings. The van der Waals surface area contributed by atoms with E-state index in [2.05, 4.69) is 15.5 Å². The normalized spacial score (nSPS) is 13.9. The third-order valence-electron chi connectivity index (χ3n) is 4.21. The van der Waals surface area contributed by atoms with Crippen molar-refractivity contribution in [2.24, 2.45) is 0 Å². The SMILES string of the molecule is O=C(Cc1cccc(F)c1)NCC(=O)Nc1cccc(N2CCOCC2)c1. The molecule has 3 rings (SSSR count). The van der Waals surface area contributed by atoms with E-state index in [0.29, 0.717) is 24.5 Å². The molecule has 1 saturated heterocycles. The highest BCUT2D eigenvalue weighted by Gasteiger charge is 2.12. The molecule has 0 unspecified atom stereocenters. The molecule has 1 fully saturated rings. The molecule has 7 heteroatoms. The van der Waals surface area contributed by atoms with Crippen molar-refractivity contribution in [3.05, 3.63) is 59.9 Å². The third-order valence-corrected chi connectivity index (χ3v) is 4.21. The van der Waals surface area contributed by atoms with Crippen LogP contribution in [0.3, 0.4) is 0 Å². The van der Waals surface area contributed by atoms with Crippen LogP contribution in [0.2, 0.25) is 0 Å². The second-order valence-electron chi connectivity index (χ2n) is 6.28. The molecule has 6 nitrogen and oxygen atoms in total. The van der Waals surface area contributed by atoms with Crippen molar-refractivity contribution in [2.75, 3.05) is 43.1 Å². The summed E-state index contributed by atoms with van der Waals surface area (Å²) < 4.78 is 18.5. The highest BCUT2D eigenvalue weighted by Crippen LogP contribution is 2.20. The van der Waals surface area contributed by atoms with E-state index in [1.165, 1.54) is 12.1 Å². The third kappa shape index (κ3) is 5.79. The van der Waals surface area contributed by atoms with Crippen LogP contribution in [-0.2, 0) is 20.7 Å². The first-order valence-electron chi connectivity index (χ1n) is 8.84. The van der Waals surface area contributed by atoms with Crippen molar-refractivity contribution < 1.29 is 18.7 Å². The van der Waals surface area contributed by atoms with E-state index in [0.717, 1.165) is 18.8 Å². The van der Waals surface area contributed by atoms with E-state index < -0.39 is 5.82 Å². The van der Waals surface area contributed by atoms with Crippen LogP contribution in [0.15, 0.2) is 48.5 Å². The minimum absolute atomic E-state index is 0.0254. The van der Waals surface area contributed by atoms with Gasteiger partial charge in [-0.1, -0.05) is 18.2 Å². The van der Waals surface area contributed by atoms with Gasteiger partial charge in [0.1, 0.15) is 5.82 Å². The number of hydrogen-bond donors (Lipinski definition) is 2. The molecule has 0 spiro atoms. The molecule has 0 saturated carbocycles. The summed E-state index contributed by atoms with van der Waals surface area (Å²) in [6, 6.07) is 13.4. The van der Waals surface area contributed by atoms with Crippen LogP contribution < -0.4 is 15.5 Å². The zero-order valence-corrected chi connectivity index (χ0v) is 14.9. The molecular formula is C20H22FN3O3. The summed E-state index contributed by atoms with van der Waals surface area (Å²) in [5.41, 5.74) is 2.25. The first kappa shape index (κ1) is 18.8. The van der Waals surface area contributed by atoms with Crippen LogP contribution in [-0.4, -0.2) is 44.7 Å². The van der Waals surface area contributed by atoms with Crippen LogP contribution in [0, 0.1) is 5.82 Å². The number of nitrogens with zero attached hydrogens (tertiary/aromatic N) is 1. The molecular weight excluding hydrogens is 349 g/mol. The lowest BCUT2D eigenvalue weighted by Crippen LogP contribution is -2.36. The smallest absolute Gasteiger partial charge is 0.243 e. The maximum atomic E-state index is 13.1. The molecule has 27 heavy (non-hydrogen) atoms. The van der Waals surface area contributed by atoms with Gasteiger partial charge in [-0.2, -0.15) is 0 Å². The van der Waals surface area contributed by atoms with Crippen molar-refractivity contribution in [2.45, 2.75) is 6.42 Å². The fourth-order valence-electron chi connectivity index (χ4n) is 2.88. The first-order chi connectivity index (χ1) is 13.1. The van der Waals surface area contributed by atoms with E-state index in [1.54, 1.807) is 18.2 Å². The molecule has 0 aromatic heterocycles. The minimum Gasteiger partial charge on any atom is -0.378 e. The Balaban J connectivity index is 1.48. The van der Waals surface area contributed by atoms with Crippen LogP contribution in [0.4, 0.5) is 15.8 Å². The van der Waals surface area contributed by atoms with E-state index in [-0.39, 0.29) is 24.8 Å². The number of halogens is 1. The monoisotopic (exact) mass is 371 g/mol. The predicted molar refractivity (Wildman–Crippen MR) is 101 cm³/mol. The molecule has 2 amide bonds. The minimum atomic E-state index is -0.391. The number of nitrogens with one attached hydrogen (secondary N) is 2. The van der Waals surface area contributed by atoms with E-state index >= 15 is 0 Å². The summed E-state index contributed by atoms with van der Waals surface area (Å²) in [4.78, 5) is 26.2. The van der Waals surface area contributed by atoms with Crippen LogP contribution in [0.5, 0.6) is 0 Å². The highest BCUT2D eigenvalue weighted by molar-refractivity contribution is 5.95. The van der Waals surface area contributed by atoms with Gasteiger partial charge >= 0.3 is 0 Å². The molecule has 0 atom stereocenters. The molecule has 0 aliphatic carbocycles. The molecule has 2 N–H and O–H groups in total. The summed E-state index contributed by atoms with van der Waals surface area (Å²) in [5.74, 6) is -1.04. The number of amides is 2. The Kier molecular flexibility index (Phi) is 6.38. The standard InChI is InChI=1S/C20H22FN3O3/c21-16-4-1-3-15(11-16)12-19(25)22-14-20(26)23-17-5-2-6-18(13-17)24-7-9-27-10-8-24/h1-6,11,13H,7-10,12,14H2,(H,22,25)(H,23,26). The van der Waals surface area contributed by atoms with Crippen molar-refractivity contribution >= 4 is 23.2 Å². The topological polar surface area (TPSA) is 70.7 Å². The van der Waals surface area contributed by atoms with Gasteiger partial charge in [0.05, 0.1) is 26.2 Å². The van der Waals surface area contributed by atoms with Gasteiger partial charge in [-0.25, -0.2) is 4.39 Å². The Bertz CT molecular complexity index is 807. The number of ether oxygens (including phenoxy) is 1. The number of anilines is 2. The maximum absolute atomic E-state index is 13.1. The summed E-state index contributed by atoms with van der Waals surface area (Å²) in [6.45, 7) is 2.86. The lowest BCUT2D eigenvalue weighted by atomic mass is 10.1. The van der Waals surface area contributed by atoms with Gasteiger partial charge in [0, 0.05) is 24.5 Å². The number of carbonyl (C=O) groups is 2. The van der Waals surface area contributed by atoms with Crippen molar-refractivity contribution in [1.29, 1.82) is 0 Å². The summed E-state index contributed by atoms with van der Waals surface area (Å²) >= 11 is 0. The summed E-state index contributed by atoms with van der Waals surface area (Å²) in [6.07, 6.45) is 0.0254. The second-order valence-corrected chi connectivity index (χ2v) is 6.28. The van der Waals surface area contributed by atoms with Gasteiger partial charge in [0.2, 0.25) is 11.8 Å². The van der Waals surface area contributed by atoms with Crippen molar-refractivity contribution in [3.8, 4) is 0 Å². The fourth-order valence-corrected chi connectivity index (χ4v) is 2.88. The van der Waals surface area contributed by atoms with Crippen molar-refractivity contribution in [3.63, 3.8) is 0 Å². The van der Waals surface area contributed by atoms with Crippen molar-refractivity contribution in [1.82, 2.24) is 5.32 Å². The predicted octanol–water partition coefficient (Wildman–Crippen LogP) is 1.96. The van der Waals surface area contributed by atoms with E-state index in [1.807, 2.05) is 18.2 Å². The molecule has 0 radical (unpaired) electrons. The lowest BCUT2D eigenvalue weighted by Gasteiger charge is -2.29. The Morgan fingerprint density at radius 1 is 1.04 bits per heavy atom. The maximum Gasteiger partial charge on any atom is 0.243 e. The Labute approximate surface area is 157 Å². The second kappa shape index (κ2) is 9.14. The van der Waals surface area contributed by atoms with Crippen LogP contribution in [0.1, 0.15) is 5.56 Å². The van der Waals surface area contributed by atoms with Crippen LogP contribution >= 0.6 is 0 Å². The number of hydrogen-bond acceptors (Lipinski definition) is 4. The van der Waals surface area contributed by atoms with Gasteiger partial charge in [-0.3, -0.25) is 9.59 Å². The Morgan fingerprint density at radius 2 is 1.81 bits per heavy atom. The van der Waals surface area contributed by atoms with Gasteiger partial charge in [0.25, 0.3) is 0 Å². The molecule has 1 aliphatic heterocycles. The molecule has 0 bridgehead atoms. The molecule has 142 valence electrons. The van der Waals surface area contributed by atoms with E-state index in [9.17, 15) is 14.0 Å². The highest BCUT2D eigenvalue weighted by atomic mass is 19.1. The molecule has 2 aromatic rings. The zero-order valence-electron chi connectivity index (χ0n) is 14.9. The largest absolute Gasteiger partial charge is 0.378 e. The zero-order chi connectivity index (χ0) is 19.1. The summed E-state index contributed by atoms with van der Waals surface area (Å²) in [5, 5.41) is 5.33. The number of carbonyl (C=O) groups excluding carboxylic acids is 2. The first-order valence-corrected chi connectivity index (χ1v) is 8.84. The lowest BCUT2D eigenvalue weighted by molar-refractivity contribution is -0.123. The quantitative estimate of drug-likeness (QED) is 0.814. The number of benzene rings is 2. The van der Waals surface area contributed by atoms with Gasteiger partial charge < -0.3 is 20.3 Å². The molecule has 1 heterocycles. The number of morpholine rings is 1. The van der Waals surface area contributed by atoms with Gasteiger partial charge in [-0.15, -0.1) is 0 Å². The Hall–Kier alpha value is -2.93. The number of rotatable bonds is 6. The summed E-state index contributed by atoms with van der Waals surface area (Å²) in [7, 11) is 0. The average molecular weight is 371 g/mol. The van der Waals surface area contributed by atoms with Crippen LogP contribution in [0.25, 0.3) is 0 Å². The van der Waals surface area contributed by atoms with E-state index in [4.69, 9.17) is 4.74 Å². The fraction of sp³-hybridized carbons (Fsp3) is 0.300. The van der Waals surface area contributed by atoms with Gasteiger partial charge in [0.15, 0.2) is 0 Å². The average Bonchev–Trinajstić information content (AvgIpc) is 2.67. The Morgan fingerprint density at radius 3 is 2.59 bits per heavy atom. The van der Waals surface area contributed by atoms with Gasteiger partial charge in [-0.05, 0) is 35.9 Å².